The molecule has 0 aliphatic carbocycles. The maximum absolute atomic E-state index is 12.8. The molecule has 3 aromatic rings. The summed E-state index contributed by atoms with van der Waals surface area (Å²) in [7, 11) is 0. The Bertz CT molecular complexity index is 883. The lowest BCUT2D eigenvalue weighted by atomic mass is 10.1. The van der Waals surface area contributed by atoms with Gasteiger partial charge in [-0.1, -0.05) is 12.1 Å². The first-order chi connectivity index (χ1) is 12.4. The van der Waals surface area contributed by atoms with Gasteiger partial charge in [0.1, 0.15) is 5.82 Å². The number of alkyl halides is 3. The molecule has 0 radical (unpaired) electrons. The smallest absolute Gasteiger partial charge is 0.366 e. The molecule has 9 heteroatoms. The monoisotopic (exact) mass is 360 g/mol. The van der Waals surface area contributed by atoms with Crippen LogP contribution in [0.15, 0.2) is 48.8 Å². The number of nitrogens with one attached hydrogen (secondary N) is 2. The van der Waals surface area contributed by atoms with E-state index >= 15 is 0 Å². The minimum Gasteiger partial charge on any atom is -0.366 e. The quantitative estimate of drug-likeness (QED) is 0.718. The van der Waals surface area contributed by atoms with E-state index < -0.39 is 11.7 Å². The van der Waals surface area contributed by atoms with E-state index in [4.69, 9.17) is 0 Å². The molecular weight excluding hydrogens is 345 g/mol. The summed E-state index contributed by atoms with van der Waals surface area (Å²) in [6.45, 7) is 1.98. The van der Waals surface area contributed by atoms with Crippen molar-refractivity contribution in [3.05, 3.63) is 65.6 Å². The minimum absolute atomic E-state index is 0.196. The summed E-state index contributed by atoms with van der Waals surface area (Å²) in [6.07, 6.45) is -1.20. The molecule has 134 valence electrons. The highest BCUT2D eigenvalue weighted by atomic mass is 19.4. The molecule has 0 amide bonds. The van der Waals surface area contributed by atoms with Gasteiger partial charge in [0.25, 0.3) is 0 Å². The number of halogens is 3. The Labute approximate surface area is 147 Å². The summed E-state index contributed by atoms with van der Waals surface area (Å²) >= 11 is 0. The van der Waals surface area contributed by atoms with Crippen LogP contribution in [0.25, 0.3) is 0 Å². The van der Waals surface area contributed by atoms with Crippen molar-refractivity contribution in [3.8, 4) is 0 Å². The highest BCUT2D eigenvalue weighted by Gasteiger charge is 2.30. The molecule has 0 spiro atoms. The fraction of sp³-hybridized carbons (Fsp3) is 0.176. The van der Waals surface area contributed by atoms with Gasteiger partial charge in [-0.3, -0.25) is 5.32 Å². The van der Waals surface area contributed by atoms with E-state index in [0.717, 1.165) is 12.1 Å². The molecule has 1 aromatic carbocycles. The van der Waals surface area contributed by atoms with Gasteiger partial charge >= 0.3 is 6.18 Å². The molecule has 2 heterocycles. The number of hydrogen-bond acceptors (Lipinski definition) is 6. The molecule has 2 aromatic heterocycles. The number of nitrogens with zero attached hydrogens (tertiary/aromatic N) is 4. The maximum Gasteiger partial charge on any atom is 0.416 e. The van der Waals surface area contributed by atoms with Gasteiger partial charge in [0.05, 0.1) is 5.56 Å². The van der Waals surface area contributed by atoms with Gasteiger partial charge in [-0.15, -0.1) is 0 Å². The average Bonchev–Trinajstić information content (AvgIpc) is 2.60. The van der Waals surface area contributed by atoms with Crippen molar-refractivity contribution < 1.29 is 13.2 Å². The largest absolute Gasteiger partial charge is 0.416 e. The zero-order valence-corrected chi connectivity index (χ0v) is 13.7. The Hall–Kier alpha value is -3.23. The number of aryl methyl sites for hydroxylation is 1. The number of benzene rings is 1. The lowest BCUT2D eigenvalue weighted by molar-refractivity contribution is -0.137. The first-order valence-corrected chi connectivity index (χ1v) is 7.70. The SMILES string of the molecule is Cc1cc(NCc2cccc(C(F)(F)F)c2)nc(Nc2ncccn2)n1. The van der Waals surface area contributed by atoms with Crippen molar-refractivity contribution in [1.29, 1.82) is 0 Å². The summed E-state index contributed by atoms with van der Waals surface area (Å²) < 4.78 is 38.3. The van der Waals surface area contributed by atoms with Crippen LogP contribution in [-0.2, 0) is 12.7 Å². The predicted molar refractivity (Wildman–Crippen MR) is 90.9 cm³/mol. The molecular formula is C17H15F3N6. The molecule has 0 saturated heterocycles. The van der Waals surface area contributed by atoms with E-state index in [1.807, 2.05) is 0 Å². The number of aromatic nitrogens is 4. The molecule has 0 saturated carbocycles. The van der Waals surface area contributed by atoms with Gasteiger partial charge in [0.15, 0.2) is 0 Å². The van der Waals surface area contributed by atoms with E-state index in [-0.39, 0.29) is 6.54 Å². The summed E-state index contributed by atoms with van der Waals surface area (Å²) in [5, 5.41) is 5.89. The standard InChI is InChI=1S/C17H15F3N6/c1-11-8-14(25-16(24-11)26-15-21-6-3-7-22-15)23-10-12-4-2-5-13(9-12)17(18,19)20/h2-9H,10H2,1H3,(H2,21,22,23,24,25,26). The fourth-order valence-electron chi connectivity index (χ4n) is 2.23. The van der Waals surface area contributed by atoms with Crippen LogP contribution in [-0.4, -0.2) is 19.9 Å². The normalized spacial score (nSPS) is 11.2. The zero-order valence-electron chi connectivity index (χ0n) is 13.7. The number of rotatable bonds is 5. The van der Waals surface area contributed by atoms with E-state index in [1.165, 1.54) is 6.07 Å². The van der Waals surface area contributed by atoms with Crippen LogP contribution in [0.2, 0.25) is 0 Å². The van der Waals surface area contributed by atoms with Gasteiger partial charge in [-0.25, -0.2) is 15.0 Å². The van der Waals surface area contributed by atoms with Crippen LogP contribution in [0.4, 0.5) is 30.9 Å². The third kappa shape index (κ3) is 4.65. The summed E-state index contributed by atoms with van der Waals surface area (Å²) in [6, 6.07) is 8.53. The minimum atomic E-state index is -4.37. The summed E-state index contributed by atoms with van der Waals surface area (Å²) in [5.74, 6) is 1.12. The molecule has 0 aliphatic heterocycles. The van der Waals surface area contributed by atoms with Crippen LogP contribution in [0.5, 0.6) is 0 Å². The van der Waals surface area contributed by atoms with E-state index in [2.05, 4.69) is 30.6 Å². The van der Waals surface area contributed by atoms with E-state index in [0.29, 0.717) is 29.0 Å². The first-order valence-electron chi connectivity index (χ1n) is 7.70. The molecule has 0 fully saturated rings. The molecule has 26 heavy (non-hydrogen) atoms. The van der Waals surface area contributed by atoms with Crippen molar-refractivity contribution in [3.63, 3.8) is 0 Å². The molecule has 6 nitrogen and oxygen atoms in total. The maximum atomic E-state index is 12.8. The topological polar surface area (TPSA) is 75.6 Å². The third-order valence-electron chi connectivity index (χ3n) is 3.37. The van der Waals surface area contributed by atoms with Crippen LogP contribution in [0.1, 0.15) is 16.8 Å². The van der Waals surface area contributed by atoms with Crippen molar-refractivity contribution in [2.24, 2.45) is 0 Å². The second kappa shape index (κ2) is 7.34. The fourth-order valence-corrected chi connectivity index (χ4v) is 2.23. The highest BCUT2D eigenvalue weighted by Crippen LogP contribution is 2.29. The van der Waals surface area contributed by atoms with Crippen LogP contribution in [0, 0.1) is 6.92 Å². The molecule has 0 aliphatic rings. The Kier molecular flexibility index (Phi) is 4.97. The second-order valence-electron chi connectivity index (χ2n) is 5.47. The lowest BCUT2D eigenvalue weighted by Gasteiger charge is -2.11. The van der Waals surface area contributed by atoms with Gasteiger partial charge in [-0.05, 0) is 30.7 Å². The van der Waals surface area contributed by atoms with E-state index in [9.17, 15) is 13.2 Å². The van der Waals surface area contributed by atoms with E-state index in [1.54, 1.807) is 37.5 Å². The third-order valence-corrected chi connectivity index (χ3v) is 3.37. The van der Waals surface area contributed by atoms with Crippen molar-refractivity contribution in [2.75, 3.05) is 10.6 Å². The van der Waals surface area contributed by atoms with Gasteiger partial charge in [0.2, 0.25) is 11.9 Å². The molecule has 2 N–H and O–H groups in total. The number of anilines is 3. The Morgan fingerprint density at radius 1 is 0.962 bits per heavy atom. The molecule has 0 atom stereocenters. The average molecular weight is 360 g/mol. The second-order valence-corrected chi connectivity index (χ2v) is 5.47. The van der Waals surface area contributed by atoms with Crippen molar-refractivity contribution >= 4 is 17.7 Å². The first kappa shape index (κ1) is 17.6. The van der Waals surface area contributed by atoms with Gasteiger partial charge in [-0.2, -0.15) is 18.2 Å². The van der Waals surface area contributed by atoms with Crippen molar-refractivity contribution in [1.82, 2.24) is 19.9 Å². The van der Waals surface area contributed by atoms with Crippen LogP contribution >= 0.6 is 0 Å². The predicted octanol–water partition coefficient (Wildman–Crippen LogP) is 3.95. The highest BCUT2D eigenvalue weighted by molar-refractivity contribution is 5.48. The van der Waals surface area contributed by atoms with Gasteiger partial charge < -0.3 is 5.32 Å². The van der Waals surface area contributed by atoms with Gasteiger partial charge in [0, 0.05) is 30.7 Å². The zero-order chi connectivity index (χ0) is 18.6. The molecule has 0 unspecified atom stereocenters. The number of hydrogen-bond donors (Lipinski definition) is 2. The Morgan fingerprint density at radius 2 is 1.73 bits per heavy atom. The Morgan fingerprint density at radius 3 is 2.46 bits per heavy atom. The lowest BCUT2D eigenvalue weighted by Crippen LogP contribution is -2.08. The summed E-state index contributed by atoms with van der Waals surface area (Å²) in [4.78, 5) is 16.6. The molecule has 3 rings (SSSR count). The summed E-state index contributed by atoms with van der Waals surface area (Å²) in [5.41, 5.74) is 0.501. The van der Waals surface area contributed by atoms with Crippen molar-refractivity contribution in [2.45, 2.75) is 19.6 Å². The Balaban J connectivity index is 1.72. The van der Waals surface area contributed by atoms with Crippen LogP contribution in [0.3, 0.4) is 0 Å². The van der Waals surface area contributed by atoms with Crippen LogP contribution < -0.4 is 10.6 Å². The molecule has 0 bridgehead atoms.